The molecule has 0 unspecified atom stereocenters. The molecule has 0 amide bonds. The van der Waals surface area contributed by atoms with Crippen LogP contribution in [0.2, 0.25) is 0 Å². The number of nitro groups is 3. The molecule has 36 heavy (non-hydrogen) atoms. The second-order valence-corrected chi connectivity index (χ2v) is 8.71. The molecule has 0 atom stereocenters. The Kier molecular flexibility index (Phi) is 12.8. The maximum Gasteiger partial charge on any atom is 0.311 e. The third kappa shape index (κ3) is 13.4. The Morgan fingerprint density at radius 1 is 1.06 bits per heavy atom. The zero-order valence-corrected chi connectivity index (χ0v) is 20.2. The molecule has 1 fully saturated rings. The smallest absolute Gasteiger partial charge is 0.311 e. The average Bonchev–Trinajstić information content (AvgIpc) is 2.72. The highest BCUT2D eigenvalue weighted by molar-refractivity contribution is 7.79. The van der Waals surface area contributed by atoms with Gasteiger partial charge in [-0.15, -0.1) is 0 Å². The van der Waals surface area contributed by atoms with Gasteiger partial charge >= 0.3 is 5.97 Å². The van der Waals surface area contributed by atoms with E-state index in [4.69, 9.17) is 27.0 Å². The minimum absolute atomic E-state index is 0.129. The molecular weight excluding hydrogens is 516 g/mol. The van der Waals surface area contributed by atoms with Crippen LogP contribution in [0.1, 0.15) is 20.8 Å². The lowest BCUT2D eigenvalue weighted by molar-refractivity contribution is -0.420. The number of esters is 1. The van der Waals surface area contributed by atoms with E-state index in [1.165, 1.54) is 0 Å². The standard InChI is InChI=1S/C11H21NO3.C6H3N3O7.H2O4S/c1-11(2,3)10(13)15-9-6-12-4-7-14-8-5-12;10-6-4(8(13)14)1-3(7(11)12)2-5(6)9(15)16;1-5(2,3)4/h4-9H2,1-3H3;1-2,10H;(H2,1,2,3,4)/p-2. The van der Waals surface area contributed by atoms with Gasteiger partial charge in [-0.2, -0.15) is 0 Å². The fourth-order valence-corrected chi connectivity index (χ4v) is 2.27. The Hall–Kier alpha value is -3.52. The van der Waals surface area contributed by atoms with Gasteiger partial charge in [-0.3, -0.25) is 44.6 Å². The highest BCUT2D eigenvalue weighted by Gasteiger charge is 2.25. The van der Waals surface area contributed by atoms with Crippen molar-refractivity contribution in [2.75, 3.05) is 39.5 Å². The van der Waals surface area contributed by atoms with Gasteiger partial charge in [-0.05, 0) is 20.8 Å². The van der Waals surface area contributed by atoms with Gasteiger partial charge in [0.05, 0.1) is 51.3 Å². The molecule has 18 nitrogen and oxygen atoms in total. The summed E-state index contributed by atoms with van der Waals surface area (Å²) in [6.07, 6.45) is 0. The lowest BCUT2D eigenvalue weighted by Gasteiger charge is -2.26. The number of hydrogen-bond donors (Lipinski definition) is 1. The fraction of sp³-hybridized carbons (Fsp3) is 0.588. The summed E-state index contributed by atoms with van der Waals surface area (Å²) in [7, 11) is -4.92. The normalized spacial score (nSPS) is 13.8. The molecule has 1 heterocycles. The second kappa shape index (κ2) is 14.1. The van der Waals surface area contributed by atoms with Gasteiger partial charge in [-0.1, -0.05) is 0 Å². The van der Waals surface area contributed by atoms with E-state index >= 15 is 0 Å². The topological polar surface area (TPSA) is 269 Å². The van der Waals surface area contributed by atoms with Crippen LogP contribution in [0.15, 0.2) is 12.1 Å². The zero-order valence-electron chi connectivity index (χ0n) is 19.3. The third-order valence-corrected chi connectivity index (χ3v) is 4.00. The minimum atomic E-state index is -4.92. The number of rotatable bonds is 6. The number of carbonyl (C=O) groups is 1. The Balaban J connectivity index is 0.000000575. The monoisotopic (exact) mass is 540 g/mol. The zero-order chi connectivity index (χ0) is 28.3. The summed E-state index contributed by atoms with van der Waals surface area (Å²) in [6, 6.07) is 0.769. The van der Waals surface area contributed by atoms with Crippen molar-refractivity contribution in [3.8, 4) is 5.75 Å². The van der Waals surface area contributed by atoms with E-state index < -0.39 is 53.4 Å². The third-order valence-electron chi connectivity index (χ3n) is 4.00. The van der Waals surface area contributed by atoms with Crippen molar-refractivity contribution in [3.05, 3.63) is 42.5 Å². The summed E-state index contributed by atoms with van der Waals surface area (Å²) < 4.78 is 43.3. The maximum atomic E-state index is 11.4. The number of hydrogen-bond acceptors (Lipinski definition) is 14. The van der Waals surface area contributed by atoms with Gasteiger partial charge in [0.15, 0.2) is 0 Å². The van der Waals surface area contributed by atoms with Crippen LogP contribution in [-0.2, 0) is 24.7 Å². The van der Waals surface area contributed by atoms with E-state index in [0.29, 0.717) is 18.7 Å². The Labute approximate surface area is 204 Å². The van der Waals surface area contributed by atoms with Crippen LogP contribution in [0.3, 0.4) is 0 Å². The Morgan fingerprint density at radius 2 is 1.47 bits per heavy atom. The molecule has 1 aromatic rings. The molecule has 1 N–H and O–H groups in total. The molecule has 19 heteroatoms. The fourth-order valence-electron chi connectivity index (χ4n) is 2.27. The van der Waals surface area contributed by atoms with Crippen molar-refractivity contribution >= 4 is 33.4 Å². The summed E-state index contributed by atoms with van der Waals surface area (Å²) in [5.41, 5.74) is -3.66. The first-order valence-corrected chi connectivity index (χ1v) is 11.1. The number of non-ortho nitro benzene ring substituents is 1. The van der Waals surface area contributed by atoms with Gasteiger partial charge < -0.3 is 19.1 Å². The van der Waals surface area contributed by atoms with E-state index in [1.807, 2.05) is 20.8 Å². The Bertz CT molecular complexity index is 1000. The molecule has 0 saturated carbocycles. The molecular formula is C17H24N4O14S-2. The van der Waals surface area contributed by atoms with Gasteiger partial charge in [0.1, 0.15) is 6.61 Å². The molecule has 1 aliphatic heterocycles. The van der Waals surface area contributed by atoms with Gasteiger partial charge in [-0.25, -0.2) is 8.42 Å². The second-order valence-electron chi connectivity index (χ2n) is 7.85. The molecule has 1 saturated heterocycles. The van der Waals surface area contributed by atoms with Crippen molar-refractivity contribution in [2.45, 2.75) is 20.8 Å². The van der Waals surface area contributed by atoms with Crippen molar-refractivity contribution in [3.63, 3.8) is 0 Å². The molecule has 1 aliphatic rings. The number of ether oxygens (including phenoxy) is 2. The van der Waals surface area contributed by atoms with E-state index in [2.05, 4.69) is 4.90 Å². The summed E-state index contributed by atoms with van der Waals surface area (Å²) >= 11 is 0. The number of nitro benzene ring substituents is 3. The number of benzene rings is 1. The number of nitrogens with zero attached hydrogens (tertiary/aromatic N) is 4. The molecule has 0 radical (unpaired) electrons. The SMILES string of the molecule is CC(C)(C)C(=O)OCCN1CCOCC1.O=S(=O)([O-])O.O=[N+]([O-])c1cc([N+](=O)[O-])c([O-])c([N+](=O)[O-])c1. The molecule has 0 spiro atoms. The van der Waals surface area contributed by atoms with Crippen molar-refractivity contribution in [1.82, 2.24) is 4.90 Å². The summed E-state index contributed by atoms with van der Waals surface area (Å²) in [6.45, 7) is 10.3. The maximum absolute atomic E-state index is 11.4. The average molecular weight is 540 g/mol. The largest absolute Gasteiger partial charge is 0.863 e. The highest BCUT2D eigenvalue weighted by atomic mass is 32.3. The summed E-state index contributed by atoms with van der Waals surface area (Å²) in [4.78, 5) is 41.2. The van der Waals surface area contributed by atoms with Crippen LogP contribution >= 0.6 is 0 Å². The van der Waals surface area contributed by atoms with Crippen molar-refractivity contribution < 1.29 is 51.7 Å². The van der Waals surface area contributed by atoms with Crippen LogP contribution < -0.4 is 5.11 Å². The van der Waals surface area contributed by atoms with Gasteiger partial charge in [0, 0.05) is 19.6 Å². The summed E-state index contributed by atoms with van der Waals surface area (Å²) in [5.74, 6) is -1.59. The Morgan fingerprint density at radius 3 is 1.81 bits per heavy atom. The van der Waals surface area contributed by atoms with Crippen LogP contribution in [0, 0.1) is 35.8 Å². The molecule has 2 rings (SSSR count). The van der Waals surface area contributed by atoms with Crippen LogP contribution in [-0.4, -0.2) is 82.6 Å². The van der Waals surface area contributed by atoms with Crippen LogP contribution in [0.5, 0.6) is 5.75 Å². The van der Waals surface area contributed by atoms with E-state index in [9.17, 15) is 40.2 Å². The lowest BCUT2D eigenvalue weighted by atomic mass is 9.97. The van der Waals surface area contributed by atoms with Crippen molar-refractivity contribution in [2.24, 2.45) is 5.41 Å². The molecule has 0 aromatic heterocycles. The molecule has 1 aromatic carbocycles. The number of morpholine rings is 1. The van der Waals surface area contributed by atoms with E-state index in [1.54, 1.807) is 0 Å². The first kappa shape index (κ1) is 32.5. The summed E-state index contributed by atoms with van der Waals surface area (Å²) in [5, 5.41) is 42.1. The van der Waals surface area contributed by atoms with Crippen LogP contribution in [0.4, 0.5) is 17.1 Å². The molecule has 0 aliphatic carbocycles. The quantitative estimate of drug-likeness (QED) is 0.168. The van der Waals surface area contributed by atoms with Gasteiger partial charge in [0.25, 0.3) is 17.1 Å². The van der Waals surface area contributed by atoms with Crippen molar-refractivity contribution in [1.29, 1.82) is 0 Å². The first-order valence-electron chi connectivity index (χ1n) is 9.78. The van der Waals surface area contributed by atoms with Crippen LogP contribution in [0.25, 0.3) is 0 Å². The minimum Gasteiger partial charge on any atom is -0.863 e. The van der Waals surface area contributed by atoms with E-state index in [-0.39, 0.29) is 5.97 Å². The predicted octanol–water partition coefficient (Wildman–Crippen LogP) is 0.397. The molecule has 204 valence electrons. The van der Waals surface area contributed by atoms with E-state index in [0.717, 1.165) is 32.8 Å². The molecule has 0 bridgehead atoms. The predicted molar refractivity (Wildman–Crippen MR) is 116 cm³/mol. The lowest BCUT2D eigenvalue weighted by Crippen LogP contribution is -2.39. The first-order chi connectivity index (χ1) is 16.3. The highest BCUT2D eigenvalue weighted by Crippen LogP contribution is 2.36. The van der Waals surface area contributed by atoms with Gasteiger partial charge in [0.2, 0.25) is 10.4 Å². The number of carbonyl (C=O) groups excluding carboxylic acids is 1.